The molecule has 1 aliphatic carbocycles. The number of rotatable bonds is 6. The average Bonchev–Trinajstić information content (AvgIpc) is 3.07. The Morgan fingerprint density at radius 3 is 2.88 bits per heavy atom. The highest BCUT2D eigenvalue weighted by Gasteiger charge is 2.19. The molecule has 2 nitrogen and oxygen atoms in total. The molecule has 94 valence electrons. The molecule has 0 spiro atoms. The maximum absolute atomic E-state index is 6.07. The molecule has 0 amide bonds. The zero-order valence-corrected chi connectivity index (χ0v) is 12.4. The predicted octanol–water partition coefficient (Wildman–Crippen LogP) is 3.29. The van der Waals surface area contributed by atoms with E-state index >= 15 is 0 Å². The number of benzene rings is 1. The standard InChI is InChI=1S/C13H18BrClN2/c1-17(7-6-16-11-3-4-11)9-10-2-5-12(14)13(15)8-10/h2,5,8,11,16H,3-4,6-7,9H2,1H3. The summed E-state index contributed by atoms with van der Waals surface area (Å²) in [5, 5.41) is 4.30. The summed E-state index contributed by atoms with van der Waals surface area (Å²) in [7, 11) is 2.14. The van der Waals surface area contributed by atoms with Gasteiger partial charge in [-0.15, -0.1) is 0 Å². The van der Waals surface area contributed by atoms with Crippen LogP contribution in [0.15, 0.2) is 22.7 Å². The first kappa shape index (κ1) is 13.3. The van der Waals surface area contributed by atoms with Crippen molar-refractivity contribution in [3.8, 4) is 0 Å². The number of likely N-dealkylation sites (N-methyl/N-ethyl adjacent to an activating group) is 1. The van der Waals surface area contributed by atoms with Gasteiger partial charge >= 0.3 is 0 Å². The summed E-state index contributed by atoms with van der Waals surface area (Å²) in [6, 6.07) is 6.94. The van der Waals surface area contributed by atoms with Crippen molar-refractivity contribution in [1.29, 1.82) is 0 Å². The van der Waals surface area contributed by atoms with Crippen LogP contribution >= 0.6 is 27.5 Å². The zero-order chi connectivity index (χ0) is 12.3. The quantitative estimate of drug-likeness (QED) is 0.866. The Labute approximate surface area is 116 Å². The van der Waals surface area contributed by atoms with Crippen LogP contribution in [0.1, 0.15) is 18.4 Å². The fraction of sp³-hybridized carbons (Fsp3) is 0.538. The van der Waals surface area contributed by atoms with Crippen LogP contribution in [0.25, 0.3) is 0 Å². The first-order valence-corrected chi connectivity index (χ1v) is 7.18. The van der Waals surface area contributed by atoms with Crippen molar-refractivity contribution < 1.29 is 0 Å². The molecule has 1 aromatic carbocycles. The van der Waals surface area contributed by atoms with E-state index in [1.54, 1.807) is 0 Å². The fourth-order valence-corrected chi connectivity index (χ4v) is 2.23. The Hall–Kier alpha value is -0.0900. The Balaban J connectivity index is 1.75. The molecular weight excluding hydrogens is 300 g/mol. The minimum atomic E-state index is 0.784. The fourth-order valence-electron chi connectivity index (χ4n) is 1.78. The molecule has 0 aliphatic heterocycles. The van der Waals surface area contributed by atoms with E-state index in [9.17, 15) is 0 Å². The predicted molar refractivity (Wildman–Crippen MR) is 76.5 cm³/mol. The van der Waals surface area contributed by atoms with E-state index < -0.39 is 0 Å². The van der Waals surface area contributed by atoms with Crippen LogP contribution in [-0.2, 0) is 6.54 Å². The van der Waals surface area contributed by atoms with Gasteiger partial charge in [0.2, 0.25) is 0 Å². The van der Waals surface area contributed by atoms with Gasteiger partial charge in [-0.1, -0.05) is 17.7 Å². The normalized spacial score (nSPS) is 15.5. The van der Waals surface area contributed by atoms with Crippen molar-refractivity contribution in [2.75, 3.05) is 20.1 Å². The molecule has 1 saturated carbocycles. The summed E-state index contributed by atoms with van der Waals surface area (Å²) in [4.78, 5) is 2.31. The first-order chi connectivity index (χ1) is 8.15. The smallest absolute Gasteiger partial charge is 0.0551 e. The van der Waals surface area contributed by atoms with Gasteiger partial charge in [0.25, 0.3) is 0 Å². The Morgan fingerprint density at radius 1 is 1.47 bits per heavy atom. The van der Waals surface area contributed by atoms with E-state index in [4.69, 9.17) is 11.6 Å². The van der Waals surface area contributed by atoms with Crippen molar-refractivity contribution in [1.82, 2.24) is 10.2 Å². The number of nitrogens with zero attached hydrogens (tertiary/aromatic N) is 1. The largest absolute Gasteiger partial charge is 0.313 e. The number of nitrogens with one attached hydrogen (secondary N) is 1. The van der Waals surface area contributed by atoms with Gasteiger partial charge in [0.15, 0.2) is 0 Å². The topological polar surface area (TPSA) is 15.3 Å². The molecular formula is C13H18BrClN2. The minimum Gasteiger partial charge on any atom is -0.313 e. The van der Waals surface area contributed by atoms with Crippen molar-refractivity contribution in [3.63, 3.8) is 0 Å². The average molecular weight is 318 g/mol. The van der Waals surface area contributed by atoms with Crippen LogP contribution in [0.3, 0.4) is 0 Å². The lowest BCUT2D eigenvalue weighted by molar-refractivity contribution is 0.324. The van der Waals surface area contributed by atoms with Gasteiger partial charge in [-0.25, -0.2) is 0 Å². The zero-order valence-electron chi connectivity index (χ0n) is 10.0. The number of halogens is 2. The summed E-state index contributed by atoms with van der Waals surface area (Å²) in [5.74, 6) is 0. The molecule has 0 saturated heterocycles. The molecule has 17 heavy (non-hydrogen) atoms. The molecule has 0 unspecified atom stereocenters. The maximum Gasteiger partial charge on any atom is 0.0551 e. The van der Waals surface area contributed by atoms with E-state index in [0.717, 1.165) is 35.2 Å². The lowest BCUT2D eigenvalue weighted by Crippen LogP contribution is -2.30. The SMILES string of the molecule is CN(CCNC1CC1)Cc1ccc(Br)c(Cl)c1. The molecule has 0 heterocycles. The van der Waals surface area contributed by atoms with Crippen molar-refractivity contribution in [2.24, 2.45) is 0 Å². The molecule has 1 aromatic rings. The highest BCUT2D eigenvalue weighted by molar-refractivity contribution is 9.10. The summed E-state index contributed by atoms with van der Waals surface area (Å²) in [5.41, 5.74) is 1.26. The highest BCUT2D eigenvalue weighted by atomic mass is 79.9. The molecule has 1 N–H and O–H groups in total. The summed E-state index contributed by atoms with van der Waals surface area (Å²) < 4.78 is 0.959. The molecule has 2 rings (SSSR count). The summed E-state index contributed by atoms with van der Waals surface area (Å²) in [6.45, 7) is 3.09. The van der Waals surface area contributed by atoms with Gasteiger partial charge in [-0.2, -0.15) is 0 Å². The minimum absolute atomic E-state index is 0.784. The Morgan fingerprint density at radius 2 is 2.24 bits per heavy atom. The third kappa shape index (κ3) is 4.59. The maximum atomic E-state index is 6.07. The van der Waals surface area contributed by atoms with Gasteiger partial charge in [0, 0.05) is 30.1 Å². The van der Waals surface area contributed by atoms with Crippen molar-refractivity contribution in [2.45, 2.75) is 25.4 Å². The monoisotopic (exact) mass is 316 g/mol. The lowest BCUT2D eigenvalue weighted by Gasteiger charge is -2.17. The van der Waals surface area contributed by atoms with E-state index in [0.29, 0.717) is 0 Å². The van der Waals surface area contributed by atoms with Crippen LogP contribution in [0.2, 0.25) is 5.02 Å². The van der Waals surface area contributed by atoms with Gasteiger partial charge in [-0.05, 0) is 53.5 Å². The Bertz CT molecular complexity index is 380. The van der Waals surface area contributed by atoms with Crippen molar-refractivity contribution >= 4 is 27.5 Å². The third-order valence-electron chi connectivity index (χ3n) is 2.94. The summed E-state index contributed by atoms with van der Waals surface area (Å²) >= 11 is 9.48. The second-order valence-corrected chi connectivity index (χ2v) is 5.98. The van der Waals surface area contributed by atoms with E-state index in [1.165, 1.54) is 18.4 Å². The molecule has 1 fully saturated rings. The van der Waals surface area contributed by atoms with Crippen LogP contribution in [-0.4, -0.2) is 31.1 Å². The number of hydrogen-bond donors (Lipinski definition) is 1. The van der Waals surface area contributed by atoms with Gasteiger partial charge in [0.05, 0.1) is 5.02 Å². The van der Waals surface area contributed by atoms with Gasteiger partial charge < -0.3 is 10.2 Å². The lowest BCUT2D eigenvalue weighted by atomic mass is 10.2. The van der Waals surface area contributed by atoms with Gasteiger partial charge in [-0.3, -0.25) is 0 Å². The molecule has 0 radical (unpaired) electrons. The first-order valence-electron chi connectivity index (χ1n) is 6.01. The third-order valence-corrected chi connectivity index (χ3v) is 4.17. The number of hydrogen-bond acceptors (Lipinski definition) is 2. The summed E-state index contributed by atoms with van der Waals surface area (Å²) in [6.07, 6.45) is 2.71. The van der Waals surface area contributed by atoms with E-state index in [2.05, 4.69) is 39.3 Å². The van der Waals surface area contributed by atoms with E-state index in [1.807, 2.05) is 12.1 Å². The molecule has 0 atom stereocenters. The van der Waals surface area contributed by atoms with Crippen LogP contribution in [0.4, 0.5) is 0 Å². The molecule has 0 bridgehead atoms. The second kappa shape index (κ2) is 6.19. The Kier molecular flexibility index (Phi) is 4.86. The van der Waals surface area contributed by atoms with Crippen molar-refractivity contribution in [3.05, 3.63) is 33.3 Å². The van der Waals surface area contributed by atoms with Crippen LogP contribution < -0.4 is 5.32 Å². The molecule has 4 heteroatoms. The highest BCUT2D eigenvalue weighted by Crippen LogP contribution is 2.23. The second-order valence-electron chi connectivity index (χ2n) is 4.71. The molecule has 0 aromatic heterocycles. The van der Waals surface area contributed by atoms with Crippen LogP contribution in [0.5, 0.6) is 0 Å². The molecule has 1 aliphatic rings. The van der Waals surface area contributed by atoms with E-state index in [-0.39, 0.29) is 0 Å². The van der Waals surface area contributed by atoms with Crippen LogP contribution in [0, 0.1) is 0 Å². The van der Waals surface area contributed by atoms with Gasteiger partial charge in [0.1, 0.15) is 0 Å².